The molecule has 1 aliphatic carbocycles. The van der Waals surface area contributed by atoms with E-state index in [1.807, 2.05) is 12.1 Å². The van der Waals surface area contributed by atoms with Crippen molar-refractivity contribution in [3.63, 3.8) is 0 Å². The van der Waals surface area contributed by atoms with Gasteiger partial charge in [-0.05, 0) is 86.0 Å². The van der Waals surface area contributed by atoms with Crippen LogP contribution in [-0.4, -0.2) is 0 Å². The van der Waals surface area contributed by atoms with Crippen molar-refractivity contribution < 1.29 is 8.83 Å². The number of allylic oxidation sites excluding steroid dienone is 1. The molecule has 0 amide bonds. The number of fused-ring (bicyclic) bond motifs is 8. The van der Waals surface area contributed by atoms with Gasteiger partial charge in [-0.15, -0.1) is 0 Å². The Labute approximate surface area is 300 Å². The third kappa shape index (κ3) is 4.37. The number of furan rings is 2. The van der Waals surface area contributed by atoms with E-state index >= 15 is 0 Å². The molecule has 0 saturated heterocycles. The van der Waals surface area contributed by atoms with Crippen LogP contribution < -0.4 is 0 Å². The van der Waals surface area contributed by atoms with Crippen molar-refractivity contribution in [1.82, 2.24) is 0 Å². The van der Waals surface area contributed by atoms with Gasteiger partial charge in [0.05, 0.1) is 0 Å². The van der Waals surface area contributed by atoms with Gasteiger partial charge in [-0.1, -0.05) is 152 Å². The summed E-state index contributed by atoms with van der Waals surface area (Å²) in [7, 11) is 0. The van der Waals surface area contributed by atoms with Gasteiger partial charge in [0.1, 0.15) is 22.5 Å². The van der Waals surface area contributed by atoms with Crippen LogP contribution in [-0.2, 0) is 6.42 Å². The molecule has 244 valence electrons. The smallest absolute Gasteiger partial charge is 0.143 e. The van der Waals surface area contributed by atoms with Crippen LogP contribution in [0.15, 0.2) is 173 Å². The van der Waals surface area contributed by atoms with Crippen molar-refractivity contribution in [2.45, 2.75) is 12.8 Å². The predicted octanol–water partition coefficient (Wildman–Crippen LogP) is 14.3. The van der Waals surface area contributed by atoms with Gasteiger partial charge in [0.2, 0.25) is 0 Å². The quantitative estimate of drug-likeness (QED) is 0.175. The number of para-hydroxylation sites is 3. The monoisotopic (exact) mass is 664 g/mol. The predicted molar refractivity (Wildman–Crippen MR) is 218 cm³/mol. The third-order valence-electron chi connectivity index (χ3n) is 11.0. The minimum Gasteiger partial charge on any atom is -0.456 e. The molecule has 8 aromatic carbocycles. The summed E-state index contributed by atoms with van der Waals surface area (Å²) in [4.78, 5) is 0. The van der Waals surface area contributed by atoms with Crippen molar-refractivity contribution in [2.75, 3.05) is 0 Å². The minimum atomic E-state index is 0.913. The highest BCUT2D eigenvalue weighted by Crippen LogP contribution is 2.46. The summed E-state index contributed by atoms with van der Waals surface area (Å²) in [6.45, 7) is 0. The van der Waals surface area contributed by atoms with E-state index in [0.717, 1.165) is 68.4 Å². The molecule has 2 nitrogen and oxygen atoms in total. The lowest BCUT2D eigenvalue weighted by Crippen LogP contribution is -1.91. The molecule has 0 unspecified atom stereocenters. The van der Waals surface area contributed by atoms with Crippen LogP contribution in [0.2, 0.25) is 0 Å². The van der Waals surface area contributed by atoms with Crippen molar-refractivity contribution >= 4 is 60.5 Å². The van der Waals surface area contributed by atoms with E-state index in [1.54, 1.807) is 0 Å². The average Bonchev–Trinajstić information content (AvgIpc) is 3.79. The van der Waals surface area contributed by atoms with E-state index < -0.39 is 0 Å². The van der Waals surface area contributed by atoms with Crippen molar-refractivity contribution in [3.8, 4) is 44.5 Å². The summed E-state index contributed by atoms with van der Waals surface area (Å²) >= 11 is 0. The molecule has 0 N–H and O–H groups in total. The van der Waals surface area contributed by atoms with Crippen LogP contribution in [0.1, 0.15) is 17.7 Å². The number of benzene rings is 8. The molecular formula is C50H32O2. The van der Waals surface area contributed by atoms with E-state index in [9.17, 15) is 0 Å². The maximum atomic E-state index is 6.46. The van der Waals surface area contributed by atoms with Gasteiger partial charge in [0, 0.05) is 32.8 Å². The second-order valence-electron chi connectivity index (χ2n) is 13.8. The van der Waals surface area contributed by atoms with E-state index in [4.69, 9.17) is 8.83 Å². The molecule has 0 spiro atoms. The number of aryl methyl sites for hydroxylation is 1. The molecular weight excluding hydrogens is 633 g/mol. The Morgan fingerprint density at radius 1 is 0.385 bits per heavy atom. The fourth-order valence-electron chi connectivity index (χ4n) is 8.61. The largest absolute Gasteiger partial charge is 0.456 e. The Bertz CT molecular complexity index is 3000. The van der Waals surface area contributed by atoms with Gasteiger partial charge in [-0.25, -0.2) is 0 Å². The molecule has 2 aromatic heterocycles. The second-order valence-corrected chi connectivity index (χ2v) is 13.8. The highest BCUT2D eigenvalue weighted by atomic mass is 16.3. The molecule has 0 fully saturated rings. The van der Waals surface area contributed by atoms with Gasteiger partial charge < -0.3 is 8.83 Å². The second kappa shape index (κ2) is 11.4. The Balaban J connectivity index is 1.07. The zero-order valence-electron chi connectivity index (χ0n) is 28.4. The topological polar surface area (TPSA) is 26.3 Å². The minimum absolute atomic E-state index is 0.913. The first-order valence-corrected chi connectivity index (χ1v) is 18.1. The molecule has 0 saturated carbocycles. The Morgan fingerprint density at radius 2 is 0.923 bits per heavy atom. The zero-order valence-corrected chi connectivity index (χ0v) is 28.4. The lowest BCUT2D eigenvalue weighted by atomic mass is 9.85. The highest BCUT2D eigenvalue weighted by Gasteiger charge is 2.20. The Kier molecular flexibility index (Phi) is 6.41. The fraction of sp³-hybridized carbons (Fsp3) is 0.0400. The molecule has 52 heavy (non-hydrogen) atoms. The molecule has 1 aliphatic rings. The summed E-state index contributed by atoms with van der Waals surface area (Å²) in [6, 6.07) is 57.0. The Hall–Kier alpha value is -6.64. The highest BCUT2D eigenvalue weighted by molar-refractivity contribution is 6.21. The molecule has 0 radical (unpaired) electrons. The van der Waals surface area contributed by atoms with Crippen molar-refractivity contribution in [2.24, 2.45) is 0 Å². The molecule has 0 aliphatic heterocycles. The average molecular weight is 665 g/mol. The molecule has 2 heteroatoms. The van der Waals surface area contributed by atoms with Crippen molar-refractivity contribution in [3.05, 3.63) is 175 Å². The number of hydrogen-bond donors (Lipinski definition) is 0. The van der Waals surface area contributed by atoms with Gasteiger partial charge in [0.25, 0.3) is 0 Å². The van der Waals surface area contributed by atoms with Crippen molar-refractivity contribution in [1.29, 1.82) is 0 Å². The van der Waals surface area contributed by atoms with E-state index in [-0.39, 0.29) is 0 Å². The van der Waals surface area contributed by atoms with Crippen LogP contribution >= 0.6 is 0 Å². The van der Waals surface area contributed by atoms with Gasteiger partial charge in [-0.2, -0.15) is 0 Å². The molecule has 11 rings (SSSR count). The summed E-state index contributed by atoms with van der Waals surface area (Å²) in [6.07, 6.45) is 6.42. The maximum absolute atomic E-state index is 6.46. The van der Waals surface area contributed by atoms with Crippen LogP contribution in [0.5, 0.6) is 0 Å². The van der Waals surface area contributed by atoms with E-state index in [2.05, 4.69) is 158 Å². The fourth-order valence-corrected chi connectivity index (χ4v) is 8.61. The van der Waals surface area contributed by atoms with Crippen LogP contribution in [0.3, 0.4) is 0 Å². The van der Waals surface area contributed by atoms with Crippen LogP contribution in [0.4, 0.5) is 0 Å². The lowest BCUT2D eigenvalue weighted by molar-refractivity contribution is 0.596. The normalized spacial score (nSPS) is 12.8. The molecule has 0 bridgehead atoms. The molecule has 2 heterocycles. The SMILES string of the molecule is C1=Cc2oc3c(-c4ccc(-c5c6ccccc6c(-c6cccc(-c7cccc8c7oc7ccccc78)c6)c6ccccc56)cc4)cccc3c2CC1. The third-order valence-corrected chi connectivity index (χ3v) is 11.0. The molecule has 10 aromatic rings. The Morgan fingerprint density at radius 3 is 1.65 bits per heavy atom. The number of hydrogen-bond acceptors (Lipinski definition) is 2. The first-order valence-electron chi connectivity index (χ1n) is 18.1. The molecule has 0 atom stereocenters. The van der Waals surface area contributed by atoms with E-state index in [1.165, 1.54) is 54.7 Å². The summed E-state index contributed by atoms with van der Waals surface area (Å²) < 4.78 is 12.9. The van der Waals surface area contributed by atoms with Gasteiger partial charge in [-0.3, -0.25) is 0 Å². The zero-order chi connectivity index (χ0) is 34.2. The summed E-state index contributed by atoms with van der Waals surface area (Å²) in [5, 5.41) is 8.46. The van der Waals surface area contributed by atoms with Crippen LogP contribution in [0.25, 0.3) is 105 Å². The first-order chi connectivity index (χ1) is 25.8. The summed E-state index contributed by atoms with van der Waals surface area (Å²) in [5.74, 6) is 1.00. The first kappa shape index (κ1) is 29.1. The maximum Gasteiger partial charge on any atom is 0.143 e. The summed E-state index contributed by atoms with van der Waals surface area (Å²) in [5.41, 5.74) is 13.5. The van der Waals surface area contributed by atoms with Gasteiger partial charge in [0.15, 0.2) is 0 Å². The lowest BCUT2D eigenvalue weighted by Gasteiger charge is -2.18. The van der Waals surface area contributed by atoms with Crippen LogP contribution in [0, 0.1) is 0 Å². The van der Waals surface area contributed by atoms with E-state index in [0.29, 0.717) is 0 Å². The standard InChI is InChI=1S/C50H32O2/c1-3-18-41-39(16-1)47(32-28-26-31(27-29-32)35-20-10-22-43-37-14-5-7-24-45(37)51-49(35)43)40-17-2-4-19-42(40)48(41)34-13-9-12-33(30-34)36-21-11-23-44-38-15-6-8-25-46(38)52-50(36)44/h1-4,6-13,15-30H,5,14H2. The number of rotatable bonds is 4. The van der Waals surface area contributed by atoms with Gasteiger partial charge >= 0.3 is 0 Å².